The largest absolute Gasteiger partial charge is 0.321 e. The third kappa shape index (κ3) is 4.25. The van der Waals surface area contributed by atoms with E-state index in [1.807, 2.05) is 60.8 Å². The van der Waals surface area contributed by atoms with Crippen molar-refractivity contribution in [1.29, 1.82) is 0 Å². The van der Waals surface area contributed by atoms with E-state index in [1.54, 1.807) is 24.3 Å². The van der Waals surface area contributed by atoms with Gasteiger partial charge in [-0.05, 0) is 55.8 Å². The predicted molar refractivity (Wildman–Crippen MR) is 124 cm³/mol. The zero-order valence-electron chi connectivity index (χ0n) is 16.5. The summed E-state index contributed by atoms with van der Waals surface area (Å²) < 4.78 is 1.97. The average molecular weight is 436 g/mol. The summed E-state index contributed by atoms with van der Waals surface area (Å²) in [5.41, 5.74) is 6.25. The maximum atomic E-state index is 12.5. The molecule has 6 heteroatoms. The molecule has 0 saturated carbocycles. The number of nitrogens with one attached hydrogen (secondary N) is 1. The summed E-state index contributed by atoms with van der Waals surface area (Å²) in [5.74, 6) is -0.295. The van der Waals surface area contributed by atoms with E-state index in [4.69, 9.17) is 28.2 Å². The molecule has 0 radical (unpaired) electrons. The molecule has 4 nitrogen and oxygen atoms in total. The van der Waals surface area contributed by atoms with Gasteiger partial charge < -0.3 is 5.32 Å². The quantitative estimate of drug-likeness (QED) is 0.368. The lowest BCUT2D eigenvalue weighted by Gasteiger charge is -2.05. The smallest absolute Gasteiger partial charge is 0.248 e. The topological polar surface area (TPSA) is 46.4 Å². The normalized spacial score (nSPS) is 11.3. The van der Waals surface area contributed by atoms with E-state index < -0.39 is 0 Å². The lowest BCUT2D eigenvalue weighted by molar-refractivity contribution is -0.111. The van der Waals surface area contributed by atoms with E-state index in [0.717, 1.165) is 28.2 Å². The van der Waals surface area contributed by atoms with Crippen molar-refractivity contribution in [3.63, 3.8) is 0 Å². The van der Waals surface area contributed by atoms with Gasteiger partial charge >= 0.3 is 0 Å². The van der Waals surface area contributed by atoms with Crippen LogP contribution < -0.4 is 5.32 Å². The number of imidazole rings is 1. The summed E-state index contributed by atoms with van der Waals surface area (Å²) in [6, 6.07) is 17.1. The van der Waals surface area contributed by atoms with Gasteiger partial charge in [-0.15, -0.1) is 0 Å². The van der Waals surface area contributed by atoms with Crippen LogP contribution in [0.25, 0.3) is 23.0 Å². The summed E-state index contributed by atoms with van der Waals surface area (Å²) in [6.07, 6.45) is 5.21. The third-order valence-corrected chi connectivity index (χ3v) is 5.27. The fraction of sp³-hybridized carbons (Fsp3) is 0.0833. The molecule has 0 aliphatic heterocycles. The zero-order valence-corrected chi connectivity index (χ0v) is 18.0. The van der Waals surface area contributed by atoms with Crippen molar-refractivity contribution in [2.45, 2.75) is 13.8 Å². The van der Waals surface area contributed by atoms with Crippen LogP contribution in [-0.4, -0.2) is 15.3 Å². The van der Waals surface area contributed by atoms with Gasteiger partial charge in [0.2, 0.25) is 5.91 Å². The van der Waals surface area contributed by atoms with Gasteiger partial charge in [0.05, 0.1) is 22.1 Å². The Hall–Kier alpha value is -3.08. The van der Waals surface area contributed by atoms with E-state index in [0.29, 0.717) is 15.7 Å². The summed E-state index contributed by atoms with van der Waals surface area (Å²) in [5, 5.41) is 3.67. The maximum Gasteiger partial charge on any atom is 0.248 e. The number of hydrogen-bond donors (Lipinski definition) is 1. The predicted octanol–water partition coefficient (Wildman–Crippen LogP) is 6.58. The van der Waals surface area contributed by atoms with Crippen LogP contribution in [0.4, 0.5) is 5.69 Å². The first-order valence-electron chi connectivity index (χ1n) is 9.40. The van der Waals surface area contributed by atoms with E-state index in [2.05, 4.69) is 5.32 Å². The van der Waals surface area contributed by atoms with E-state index >= 15 is 0 Å². The Bertz CT molecular complexity index is 1270. The first kappa shape index (κ1) is 20.2. The molecule has 0 aliphatic carbocycles. The van der Waals surface area contributed by atoms with Gasteiger partial charge in [0.1, 0.15) is 5.65 Å². The van der Waals surface area contributed by atoms with Crippen LogP contribution >= 0.6 is 23.2 Å². The number of amides is 1. The number of carbonyl (C=O) groups excluding carboxylic acids is 1. The molecule has 1 amide bonds. The molecule has 0 fully saturated rings. The Kier molecular flexibility index (Phi) is 5.62. The maximum absolute atomic E-state index is 12.5. The van der Waals surface area contributed by atoms with Crippen LogP contribution in [0, 0.1) is 13.8 Å². The molecule has 0 saturated heterocycles. The van der Waals surface area contributed by atoms with Crippen molar-refractivity contribution in [3.8, 4) is 11.3 Å². The number of rotatable bonds is 4. The summed E-state index contributed by atoms with van der Waals surface area (Å²) in [4.78, 5) is 17.3. The van der Waals surface area contributed by atoms with Crippen LogP contribution in [-0.2, 0) is 4.79 Å². The van der Waals surface area contributed by atoms with Gasteiger partial charge in [-0.3, -0.25) is 9.20 Å². The van der Waals surface area contributed by atoms with Gasteiger partial charge in [-0.25, -0.2) is 4.98 Å². The molecule has 0 spiro atoms. The van der Waals surface area contributed by atoms with Crippen molar-refractivity contribution < 1.29 is 4.79 Å². The molecule has 0 aliphatic rings. The van der Waals surface area contributed by atoms with Crippen LogP contribution in [0.2, 0.25) is 10.0 Å². The molecule has 1 N–H and O–H groups in total. The van der Waals surface area contributed by atoms with E-state index in [9.17, 15) is 4.79 Å². The Morgan fingerprint density at radius 2 is 1.77 bits per heavy atom. The standard InChI is InChI=1S/C24H19Cl2N3O/c1-15-3-5-17(6-4-15)24-21(29-12-11-16(2)13-22(29)28-24)9-10-23(30)27-20-8-7-18(25)14-19(20)26/h3-14H,1-2H3,(H,27,30)/b10-9+. The molecule has 2 aromatic carbocycles. The number of carbonyl (C=O) groups is 1. The fourth-order valence-corrected chi connectivity index (χ4v) is 3.62. The molecule has 0 unspecified atom stereocenters. The number of aryl methyl sites for hydroxylation is 2. The molecule has 150 valence electrons. The van der Waals surface area contributed by atoms with Gasteiger partial charge in [-0.1, -0.05) is 53.0 Å². The zero-order chi connectivity index (χ0) is 21.3. The van der Waals surface area contributed by atoms with Crippen LogP contribution in [0.3, 0.4) is 0 Å². The number of anilines is 1. The lowest BCUT2D eigenvalue weighted by Crippen LogP contribution is -2.08. The minimum Gasteiger partial charge on any atom is -0.321 e. The number of halogens is 2. The second kappa shape index (κ2) is 8.34. The highest BCUT2D eigenvalue weighted by Crippen LogP contribution is 2.27. The first-order chi connectivity index (χ1) is 14.4. The Balaban J connectivity index is 1.70. The highest BCUT2D eigenvalue weighted by atomic mass is 35.5. The number of nitrogens with zero attached hydrogens (tertiary/aromatic N) is 2. The van der Waals surface area contributed by atoms with Crippen molar-refractivity contribution in [3.05, 3.63) is 93.7 Å². The van der Waals surface area contributed by atoms with Crippen LogP contribution in [0.5, 0.6) is 0 Å². The summed E-state index contributed by atoms with van der Waals surface area (Å²) in [6.45, 7) is 4.07. The SMILES string of the molecule is Cc1ccc(-c2nc3cc(C)ccn3c2/C=C/C(=O)Nc2ccc(Cl)cc2Cl)cc1. The molecule has 30 heavy (non-hydrogen) atoms. The first-order valence-corrected chi connectivity index (χ1v) is 10.2. The van der Waals surface area contributed by atoms with Crippen LogP contribution in [0.1, 0.15) is 16.8 Å². The highest BCUT2D eigenvalue weighted by molar-refractivity contribution is 6.36. The van der Waals surface area contributed by atoms with E-state index in [-0.39, 0.29) is 5.91 Å². The number of benzene rings is 2. The minimum atomic E-state index is -0.295. The number of aromatic nitrogens is 2. The molecular weight excluding hydrogens is 417 g/mol. The van der Waals surface area contributed by atoms with Crippen molar-refractivity contribution in [2.75, 3.05) is 5.32 Å². The molecule has 4 aromatic rings. The second-order valence-corrected chi connectivity index (χ2v) is 7.93. The van der Waals surface area contributed by atoms with Gasteiger partial charge in [0, 0.05) is 22.9 Å². The number of pyridine rings is 1. The van der Waals surface area contributed by atoms with Gasteiger partial charge in [-0.2, -0.15) is 0 Å². The van der Waals surface area contributed by atoms with Crippen molar-refractivity contribution in [1.82, 2.24) is 9.38 Å². The third-order valence-electron chi connectivity index (χ3n) is 4.73. The lowest BCUT2D eigenvalue weighted by atomic mass is 10.1. The Morgan fingerprint density at radius 1 is 1.00 bits per heavy atom. The number of hydrogen-bond acceptors (Lipinski definition) is 2. The Morgan fingerprint density at radius 3 is 2.50 bits per heavy atom. The number of fused-ring (bicyclic) bond motifs is 1. The van der Waals surface area contributed by atoms with Crippen molar-refractivity contribution in [2.24, 2.45) is 0 Å². The van der Waals surface area contributed by atoms with Crippen molar-refractivity contribution >= 4 is 46.5 Å². The second-order valence-electron chi connectivity index (χ2n) is 7.09. The highest BCUT2D eigenvalue weighted by Gasteiger charge is 2.13. The molecule has 0 atom stereocenters. The molecule has 2 aromatic heterocycles. The fourth-order valence-electron chi connectivity index (χ4n) is 3.17. The van der Waals surface area contributed by atoms with Crippen LogP contribution in [0.15, 0.2) is 66.9 Å². The van der Waals surface area contributed by atoms with Gasteiger partial charge in [0.15, 0.2) is 0 Å². The molecular formula is C24H19Cl2N3O. The molecule has 2 heterocycles. The monoisotopic (exact) mass is 435 g/mol. The molecule has 4 rings (SSSR count). The van der Waals surface area contributed by atoms with Gasteiger partial charge in [0.25, 0.3) is 0 Å². The minimum absolute atomic E-state index is 0.295. The summed E-state index contributed by atoms with van der Waals surface area (Å²) >= 11 is 12.1. The Labute approximate surface area is 184 Å². The summed E-state index contributed by atoms with van der Waals surface area (Å²) in [7, 11) is 0. The van der Waals surface area contributed by atoms with E-state index in [1.165, 1.54) is 11.6 Å². The average Bonchev–Trinajstić information content (AvgIpc) is 3.06. The molecule has 0 bridgehead atoms.